The summed E-state index contributed by atoms with van der Waals surface area (Å²) < 4.78 is 0. The quantitative estimate of drug-likeness (QED) is 0.223. The molecule has 1 aliphatic carbocycles. The number of carbonyl (C=O) groups is 4. The number of rotatable bonds is 11. The fraction of sp³-hybridized carbons (Fsp3) is 0.389. The van der Waals surface area contributed by atoms with E-state index in [0.717, 1.165) is 11.1 Å². The Bertz CT molecular complexity index is 1430. The van der Waals surface area contributed by atoms with Gasteiger partial charge in [0.1, 0.15) is 0 Å². The van der Waals surface area contributed by atoms with Gasteiger partial charge in [-0.3, -0.25) is 14.4 Å². The number of carbonyl (C=O) groups excluding carboxylic acids is 3. The van der Waals surface area contributed by atoms with Gasteiger partial charge in [-0.15, -0.1) is 0 Å². The highest BCUT2D eigenvalue weighted by molar-refractivity contribution is 6.06. The highest BCUT2D eigenvalue weighted by Gasteiger charge is 2.27. The van der Waals surface area contributed by atoms with E-state index in [1.807, 2.05) is 36.4 Å². The molecular formula is C36H41NO6. The van der Waals surface area contributed by atoms with Crippen LogP contribution in [0.4, 0.5) is 0 Å². The molecule has 3 aromatic rings. The SMILES string of the molecule is CC(C)(C)c1ccc(C(=O)CC(C(=O)c2ccc(C(=O)NC[C@@H](O)C(=O)O)cc2)c2ccc(C3CCCCC3)cc2)cc1. The Morgan fingerprint density at radius 1 is 0.791 bits per heavy atom. The van der Waals surface area contributed by atoms with Crippen LogP contribution in [0.25, 0.3) is 0 Å². The van der Waals surface area contributed by atoms with Gasteiger partial charge in [-0.05, 0) is 53.0 Å². The van der Waals surface area contributed by atoms with Crippen LogP contribution in [0.15, 0.2) is 72.8 Å². The minimum atomic E-state index is -1.71. The van der Waals surface area contributed by atoms with E-state index in [9.17, 15) is 24.3 Å². The van der Waals surface area contributed by atoms with Gasteiger partial charge in [0.05, 0.1) is 12.5 Å². The van der Waals surface area contributed by atoms with Crippen LogP contribution in [0.5, 0.6) is 0 Å². The monoisotopic (exact) mass is 583 g/mol. The highest BCUT2D eigenvalue weighted by atomic mass is 16.4. The van der Waals surface area contributed by atoms with E-state index in [1.54, 1.807) is 0 Å². The largest absolute Gasteiger partial charge is 0.479 e. The first-order valence-electron chi connectivity index (χ1n) is 15.0. The molecule has 7 nitrogen and oxygen atoms in total. The molecule has 7 heteroatoms. The summed E-state index contributed by atoms with van der Waals surface area (Å²) >= 11 is 0. The van der Waals surface area contributed by atoms with Crippen molar-refractivity contribution in [2.45, 2.75) is 82.7 Å². The molecule has 1 saturated carbocycles. The summed E-state index contributed by atoms with van der Waals surface area (Å²) in [7, 11) is 0. The number of aliphatic hydroxyl groups is 1. The molecule has 0 aromatic heterocycles. The maximum Gasteiger partial charge on any atom is 0.334 e. The number of aliphatic carboxylic acids is 1. The van der Waals surface area contributed by atoms with Crippen molar-refractivity contribution < 1.29 is 29.4 Å². The average molecular weight is 584 g/mol. The second kappa shape index (κ2) is 13.9. The van der Waals surface area contributed by atoms with Gasteiger partial charge >= 0.3 is 5.97 Å². The Kier molecular flexibility index (Phi) is 10.3. The summed E-state index contributed by atoms with van der Waals surface area (Å²) in [4.78, 5) is 50.6. The number of carboxylic acids is 1. The van der Waals surface area contributed by atoms with E-state index < -0.39 is 30.4 Å². The third kappa shape index (κ3) is 8.26. The van der Waals surface area contributed by atoms with Crippen LogP contribution in [0.2, 0.25) is 0 Å². The lowest BCUT2D eigenvalue weighted by molar-refractivity contribution is -0.146. The molecule has 1 unspecified atom stereocenters. The van der Waals surface area contributed by atoms with Crippen LogP contribution < -0.4 is 5.32 Å². The molecular weight excluding hydrogens is 542 g/mol. The third-order valence-electron chi connectivity index (χ3n) is 8.37. The summed E-state index contributed by atoms with van der Waals surface area (Å²) in [5, 5.41) is 20.6. The number of benzene rings is 3. The van der Waals surface area contributed by atoms with Gasteiger partial charge in [0.25, 0.3) is 5.91 Å². The van der Waals surface area contributed by atoms with Crippen molar-refractivity contribution in [2.75, 3.05) is 6.54 Å². The summed E-state index contributed by atoms with van der Waals surface area (Å²) in [6, 6.07) is 21.7. The zero-order chi connectivity index (χ0) is 31.1. The summed E-state index contributed by atoms with van der Waals surface area (Å²) in [6.45, 7) is 5.91. The van der Waals surface area contributed by atoms with E-state index in [2.05, 4.69) is 38.2 Å². The number of Topliss-reactive ketones (excluding diaryl/α,β-unsaturated/α-hetero) is 2. The van der Waals surface area contributed by atoms with Gasteiger partial charge in [-0.2, -0.15) is 0 Å². The van der Waals surface area contributed by atoms with Crippen molar-refractivity contribution in [3.05, 3.63) is 106 Å². The second-order valence-corrected chi connectivity index (χ2v) is 12.5. The molecule has 43 heavy (non-hydrogen) atoms. The number of carboxylic acid groups (broad SMARTS) is 1. The molecule has 3 aromatic carbocycles. The Morgan fingerprint density at radius 3 is 1.91 bits per heavy atom. The number of amides is 1. The van der Waals surface area contributed by atoms with Crippen molar-refractivity contribution in [2.24, 2.45) is 0 Å². The van der Waals surface area contributed by atoms with Crippen molar-refractivity contribution in [1.82, 2.24) is 5.32 Å². The van der Waals surface area contributed by atoms with Crippen molar-refractivity contribution in [3.63, 3.8) is 0 Å². The van der Waals surface area contributed by atoms with Crippen LogP contribution in [-0.4, -0.2) is 46.3 Å². The Labute approximate surface area is 253 Å². The molecule has 1 aliphatic rings. The van der Waals surface area contributed by atoms with Crippen LogP contribution in [0.1, 0.15) is 119 Å². The lowest BCUT2D eigenvalue weighted by Gasteiger charge is -2.23. The number of ketones is 2. The van der Waals surface area contributed by atoms with E-state index in [0.29, 0.717) is 17.0 Å². The van der Waals surface area contributed by atoms with Crippen LogP contribution in [0.3, 0.4) is 0 Å². The number of hydrogen-bond donors (Lipinski definition) is 3. The van der Waals surface area contributed by atoms with Crippen molar-refractivity contribution >= 4 is 23.4 Å². The van der Waals surface area contributed by atoms with Gasteiger partial charge in [0, 0.05) is 23.1 Å². The zero-order valence-corrected chi connectivity index (χ0v) is 25.1. The van der Waals surface area contributed by atoms with Gasteiger partial charge in [0.2, 0.25) is 0 Å². The van der Waals surface area contributed by atoms with Crippen LogP contribution in [-0.2, 0) is 10.2 Å². The molecule has 0 heterocycles. The molecule has 0 saturated heterocycles. The minimum Gasteiger partial charge on any atom is -0.479 e. The van der Waals surface area contributed by atoms with Gasteiger partial charge in [-0.1, -0.05) is 101 Å². The fourth-order valence-electron chi connectivity index (χ4n) is 5.62. The van der Waals surface area contributed by atoms with Gasteiger partial charge in [-0.25, -0.2) is 4.79 Å². The minimum absolute atomic E-state index is 0.00574. The summed E-state index contributed by atoms with van der Waals surface area (Å²) in [5.41, 5.74) is 4.25. The Balaban J connectivity index is 1.56. The number of nitrogens with one attached hydrogen (secondary N) is 1. The zero-order valence-electron chi connectivity index (χ0n) is 25.1. The predicted molar refractivity (Wildman–Crippen MR) is 166 cm³/mol. The fourth-order valence-corrected chi connectivity index (χ4v) is 5.62. The number of aliphatic hydroxyl groups excluding tert-OH is 1. The molecule has 0 aliphatic heterocycles. The normalized spacial score (nSPS) is 15.3. The maximum absolute atomic E-state index is 13.9. The molecule has 0 spiro atoms. The van der Waals surface area contributed by atoms with Crippen molar-refractivity contribution in [1.29, 1.82) is 0 Å². The van der Waals surface area contributed by atoms with Crippen molar-refractivity contribution in [3.8, 4) is 0 Å². The van der Waals surface area contributed by atoms with E-state index in [1.165, 1.54) is 61.9 Å². The lowest BCUT2D eigenvalue weighted by atomic mass is 9.81. The molecule has 0 radical (unpaired) electrons. The topological polar surface area (TPSA) is 121 Å². The van der Waals surface area contributed by atoms with Crippen LogP contribution in [0, 0.1) is 0 Å². The van der Waals surface area contributed by atoms with Crippen LogP contribution >= 0.6 is 0 Å². The lowest BCUT2D eigenvalue weighted by Crippen LogP contribution is -2.36. The molecule has 226 valence electrons. The first-order chi connectivity index (χ1) is 20.4. The smallest absolute Gasteiger partial charge is 0.334 e. The van der Waals surface area contributed by atoms with E-state index in [-0.39, 0.29) is 29.0 Å². The second-order valence-electron chi connectivity index (χ2n) is 12.5. The van der Waals surface area contributed by atoms with Gasteiger partial charge < -0.3 is 15.5 Å². The standard InChI is InChI=1S/C36H41NO6/c1-36(2,3)29-19-17-26(18-20-29)31(38)21-30(25-11-9-24(10-12-25)23-7-5-4-6-8-23)33(40)27-13-15-28(16-14-27)34(41)37-22-32(39)35(42)43/h9-20,23,30,32,39H,4-8,21-22H2,1-3H3,(H,37,41)(H,42,43)/t30?,32-/m1/s1. The first kappa shape index (κ1) is 31.8. The molecule has 4 rings (SSSR count). The molecule has 0 bridgehead atoms. The molecule has 3 N–H and O–H groups in total. The van der Waals surface area contributed by atoms with Gasteiger partial charge in [0.15, 0.2) is 17.7 Å². The highest BCUT2D eigenvalue weighted by Crippen LogP contribution is 2.34. The summed E-state index contributed by atoms with van der Waals surface area (Å²) in [5.74, 6) is -2.53. The maximum atomic E-state index is 13.9. The Hall–Kier alpha value is -4.10. The average Bonchev–Trinajstić information content (AvgIpc) is 3.02. The number of hydrogen-bond acceptors (Lipinski definition) is 5. The third-order valence-corrected chi connectivity index (χ3v) is 8.37. The summed E-state index contributed by atoms with van der Waals surface area (Å²) in [6.07, 6.45) is 4.35. The van der Waals surface area contributed by atoms with E-state index >= 15 is 0 Å². The first-order valence-corrected chi connectivity index (χ1v) is 15.0. The van der Waals surface area contributed by atoms with E-state index in [4.69, 9.17) is 5.11 Å². The predicted octanol–water partition coefficient (Wildman–Crippen LogP) is 6.45. The Morgan fingerprint density at radius 2 is 1.35 bits per heavy atom. The molecule has 1 fully saturated rings. The molecule has 1 amide bonds. The molecule has 2 atom stereocenters.